The molecule has 1 aromatic carbocycles. The molecule has 0 aliphatic carbocycles. The Labute approximate surface area is 153 Å². The van der Waals surface area contributed by atoms with Gasteiger partial charge in [0, 0.05) is 12.7 Å². The van der Waals surface area contributed by atoms with E-state index in [1.165, 1.54) is 10.9 Å². The van der Waals surface area contributed by atoms with Crippen molar-refractivity contribution < 1.29 is 14.3 Å². The molecule has 7 nitrogen and oxygen atoms in total. The predicted octanol–water partition coefficient (Wildman–Crippen LogP) is 2.41. The van der Waals surface area contributed by atoms with Gasteiger partial charge in [-0.1, -0.05) is 17.7 Å². The second-order valence-corrected chi connectivity index (χ2v) is 6.89. The number of benzene rings is 1. The van der Waals surface area contributed by atoms with Gasteiger partial charge in [-0.3, -0.25) is 9.59 Å². The number of nitrogens with zero attached hydrogens (tertiary/aromatic N) is 2. The molecular weight excluding hydrogens is 354 g/mol. The maximum atomic E-state index is 12.3. The lowest BCUT2D eigenvalue weighted by Gasteiger charge is -2.06. The van der Waals surface area contributed by atoms with E-state index in [0.29, 0.717) is 21.5 Å². The molecule has 2 aromatic heterocycles. The Morgan fingerprint density at radius 1 is 1.23 bits per heavy atom. The number of esters is 1. The summed E-state index contributed by atoms with van der Waals surface area (Å²) in [5.41, 5.74) is 2.00. The lowest BCUT2D eigenvalue weighted by Crippen LogP contribution is -2.21. The summed E-state index contributed by atoms with van der Waals surface area (Å²) in [5.74, 6) is -1.08. The number of rotatable bonds is 4. The first-order valence-electron chi connectivity index (χ1n) is 7.85. The molecule has 0 aliphatic rings. The van der Waals surface area contributed by atoms with E-state index < -0.39 is 18.5 Å². The minimum Gasteiger partial charge on any atom is -0.451 e. The Hall–Kier alpha value is -3.00. The third-order valence-electron chi connectivity index (χ3n) is 3.87. The first kappa shape index (κ1) is 17.8. The standard InChI is InChI=1S/C18H17N3O4S/c1-10-4-6-12(7-5-10)20-13(22)8-25-18(24)15-11(2)14-16(26-15)19-9-21(3)17(14)23/h4-7,9H,8H2,1-3H3,(H,20,22). The molecule has 0 fully saturated rings. The van der Waals surface area contributed by atoms with E-state index in [0.717, 1.165) is 16.9 Å². The highest BCUT2D eigenvalue weighted by molar-refractivity contribution is 7.20. The van der Waals surface area contributed by atoms with Crippen molar-refractivity contribution in [1.82, 2.24) is 9.55 Å². The van der Waals surface area contributed by atoms with Crippen LogP contribution in [0.1, 0.15) is 20.8 Å². The number of amides is 1. The molecule has 8 heteroatoms. The second-order valence-electron chi connectivity index (χ2n) is 5.89. The summed E-state index contributed by atoms with van der Waals surface area (Å²) in [5, 5.41) is 3.05. The van der Waals surface area contributed by atoms with Crippen LogP contribution in [-0.4, -0.2) is 28.0 Å². The van der Waals surface area contributed by atoms with Crippen molar-refractivity contribution in [2.45, 2.75) is 13.8 Å². The number of aryl methyl sites for hydroxylation is 3. The highest BCUT2D eigenvalue weighted by Gasteiger charge is 2.20. The number of aromatic nitrogens is 2. The number of carbonyl (C=O) groups excluding carboxylic acids is 2. The first-order chi connectivity index (χ1) is 12.4. The number of ether oxygens (including phenoxy) is 1. The van der Waals surface area contributed by atoms with E-state index in [2.05, 4.69) is 10.3 Å². The van der Waals surface area contributed by atoms with Crippen molar-refractivity contribution in [3.63, 3.8) is 0 Å². The molecule has 1 amide bonds. The van der Waals surface area contributed by atoms with Gasteiger partial charge in [-0.25, -0.2) is 9.78 Å². The van der Waals surface area contributed by atoms with Gasteiger partial charge in [0.1, 0.15) is 9.71 Å². The molecule has 2 heterocycles. The van der Waals surface area contributed by atoms with Gasteiger partial charge >= 0.3 is 5.97 Å². The van der Waals surface area contributed by atoms with Gasteiger partial charge in [0.25, 0.3) is 11.5 Å². The quantitative estimate of drug-likeness (QED) is 0.711. The third kappa shape index (κ3) is 3.50. The van der Waals surface area contributed by atoms with Gasteiger partial charge in [-0.15, -0.1) is 11.3 Å². The van der Waals surface area contributed by atoms with E-state index in [4.69, 9.17) is 4.74 Å². The Morgan fingerprint density at radius 3 is 2.62 bits per heavy atom. The number of hydrogen-bond donors (Lipinski definition) is 1. The van der Waals surface area contributed by atoms with Crippen LogP contribution in [0.15, 0.2) is 35.4 Å². The zero-order chi connectivity index (χ0) is 18.8. The van der Waals surface area contributed by atoms with Crippen molar-refractivity contribution in [2.24, 2.45) is 7.05 Å². The molecule has 134 valence electrons. The average molecular weight is 371 g/mol. The molecule has 0 aliphatic heterocycles. The van der Waals surface area contributed by atoms with Crippen LogP contribution in [0.5, 0.6) is 0 Å². The van der Waals surface area contributed by atoms with Crippen LogP contribution in [0, 0.1) is 13.8 Å². The monoisotopic (exact) mass is 371 g/mol. The zero-order valence-electron chi connectivity index (χ0n) is 14.5. The van der Waals surface area contributed by atoms with Crippen LogP contribution in [0.4, 0.5) is 5.69 Å². The average Bonchev–Trinajstić information content (AvgIpc) is 2.95. The van der Waals surface area contributed by atoms with E-state index in [-0.39, 0.29) is 10.4 Å². The molecule has 0 spiro atoms. The molecule has 26 heavy (non-hydrogen) atoms. The Bertz CT molecular complexity index is 1050. The highest BCUT2D eigenvalue weighted by atomic mass is 32.1. The molecular formula is C18H17N3O4S. The highest BCUT2D eigenvalue weighted by Crippen LogP contribution is 2.27. The Kier molecular flexibility index (Phi) is 4.85. The van der Waals surface area contributed by atoms with Gasteiger partial charge in [0.15, 0.2) is 6.61 Å². The molecule has 0 saturated carbocycles. The van der Waals surface area contributed by atoms with Crippen LogP contribution in [0.25, 0.3) is 10.2 Å². The lowest BCUT2D eigenvalue weighted by atomic mass is 10.2. The summed E-state index contributed by atoms with van der Waals surface area (Å²) in [6.45, 7) is 3.21. The fourth-order valence-corrected chi connectivity index (χ4v) is 3.47. The van der Waals surface area contributed by atoms with Crippen LogP contribution in [-0.2, 0) is 16.6 Å². The largest absolute Gasteiger partial charge is 0.451 e. The summed E-state index contributed by atoms with van der Waals surface area (Å²) >= 11 is 1.08. The van der Waals surface area contributed by atoms with Crippen molar-refractivity contribution in [3.8, 4) is 0 Å². The normalized spacial score (nSPS) is 10.7. The van der Waals surface area contributed by atoms with Crippen LogP contribution in [0.3, 0.4) is 0 Å². The van der Waals surface area contributed by atoms with Crippen LogP contribution in [0.2, 0.25) is 0 Å². The summed E-state index contributed by atoms with van der Waals surface area (Å²) in [4.78, 5) is 41.3. The van der Waals surface area contributed by atoms with Gasteiger partial charge in [-0.2, -0.15) is 0 Å². The number of carbonyl (C=O) groups is 2. The molecule has 0 saturated heterocycles. The van der Waals surface area contributed by atoms with Crippen molar-refractivity contribution in [1.29, 1.82) is 0 Å². The van der Waals surface area contributed by atoms with E-state index in [1.54, 1.807) is 26.1 Å². The molecule has 0 unspecified atom stereocenters. The van der Waals surface area contributed by atoms with E-state index >= 15 is 0 Å². The van der Waals surface area contributed by atoms with E-state index in [1.807, 2.05) is 19.1 Å². The zero-order valence-corrected chi connectivity index (χ0v) is 15.3. The Balaban J connectivity index is 1.70. The minimum atomic E-state index is -0.647. The number of hydrogen-bond acceptors (Lipinski definition) is 6. The van der Waals surface area contributed by atoms with Crippen LogP contribution >= 0.6 is 11.3 Å². The fraction of sp³-hybridized carbons (Fsp3) is 0.222. The summed E-state index contributed by atoms with van der Waals surface area (Å²) in [6, 6.07) is 7.28. The lowest BCUT2D eigenvalue weighted by molar-refractivity contribution is -0.119. The first-order valence-corrected chi connectivity index (χ1v) is 8.67. The number of anilines is 1. The van der Waals surface area contributed by atoms with Crippen molar-refractivity contribution >= 4 is 39.1 Å². The predicted molar refractivity (Wildman–Crippen MR) is 99.7 cm³/mol. The fourth-order valence-electron chi connectivity index (χ4n) is 2.43. The molecule has 3 aromatic rings. The summed E-state index contributed by atoms with van der Waals surface area (Å²) < 4.78 is 6.44. The SMILES string of the molecule is Cc1ccc(NC(=O)COC(=O)c2sc3ncn(C)c(=O)c3c2C)cc1. The molecule has 3 rings (SSSR count). The second kappa shape index (κ2) is 7.09. The molecule has 0 atom stereocenters. The topological polar surface area (TPSA) is 90.3 Å². The number of thiophene rings is 1. The molecule has 1 N–H and O–H groups in total. The molecule has 0 bridgehead atoms. The number of nitrogens with one attached hydrogen (secondary N) is 1. The smallest absolute Gasteiger partial charge is 0.349 e. The summed E-state index contributed by atoms with van der Waals surface area (Å²) in [6.07, 6.45) is 1.41. The van der Waals surface area contributed by atoms with Gasteiger partial charge in [0.2, 0.25) is 0 Å². The number of fused-ring (bicyclic) bond motifs is 1. The van der Waals surface area contributed by atoms with Gasteiger partial charge in [0.05, 0.1) is 11.7 Å². The van der Waals surface area contributed by atoms with Crippen molar-refractivity contribution in [2.75, 3.05) is 11.9 Å². The third-order valence-corrected chi connectivity index (χ3v) is 5.05. The summed E-state index contributed by atoms with van der Waals surface area (Å²) in [7, 11) is 1.60. The van der Waals surface area contributed by atoms with Gasteiger partial charge < -0.3 is 14.6 Å². The van der Waals surface area contributed by atoms with Crippen molar-refractivity contribution in [3.05, 3.63) is 57.0 Å². The minimum absolute atomic E-state index is 0.222. The maximum Gasteiger partial charge on any atom is 0.349 e. The van der Waals surface area contributed by atoms with Gasteiger partial charge in [-0.05, 0) is 31.5 Å². The maximum absolute atomic E-state index is 12.3. The van der Waals surface area contributed by atoms with E-state index in [9.17, 15) is 14.4 Å². The van der Waals surface area contributed by atoms with Crippen LogP contribution < -0.4 is 10.9 Å². The molecule has 0 radical (unpaired) electrons. The Morgan fingerprint density at radius 2 is 1.92 bits per heavy atom.